The normalized spacial score (nSPS) is 12.5. The molecule has 0 unspecified atom stereocenters. The van der Waals surface area contributed by atoms with Gasteiger partial charge in [0.25, 0.3) is 0 Å². The van der Waals surface area contributed by atoms with Gasteiger partial charge in [-0.3, -0.25) is 4.79 Å². The fourth-order valence-corrected chi connectivity index (χ4v) is 1.24. The smallest absolute Gasteiger partial charge is 0.321 e. The molecule has 0 saturated carbocycles. The van der Waals surface area contributed by atoms with Crippen LogP contribution in [0.4, 0.5) is 0 Å². The topological polar surface area (TPSA) is 26.3 Å². The molecule has 0 aromatic heterocycles. The molecule has 0 radical (unpaired) electrons. The van der Waals surface area contributed by atoms with Crippen molar-refractivity contribution in [3.8, 4) is 0 Å². The summed E-state index contributed by atoms with van der Waals surface area (Å²) in [6, 6.07) is 0. The van der Waals surface area contributed by atoms with Gasteiger partial charge in [-0.2, -0.15) is 0 Å². The van der Waals surface area contributed by atoms with Crippen LogP contribution in [0.15, 0.2) is 0 Å². The molecule has 1 atom stereocenters. The number of alkyl halides is 1. The standard InChI is InChI=1S/C10H19ClO2/c1-3-4-5-6-7-9(2)13-10(12)8-11/h9H,3-8H2,1-2H3/t9-/m0/s1. The Morgan fingerprint density at radius 3 is 2.62 bits per heavy atom. The van der Waals surface area contributed by atoms with Gasteiger partial charge in [0, 0.05) is 0 Å². The number of rotatable bonds is 7. The highest BCUT2D eigenvalue weighted by Crippen LogP contribution is 2.08. The summed E-state index contributed by atoms with van der Waals surface area (Å²) < 4.78 is 5.01. The van der Waals surface area contributed by atoms with E-state index in [0.717, 1.165) is 12.8 Å². The molecule has 13 heavy (non-hydrogen) atoms. The number of unbranched alkanes of at least 4 members (excludes halogenated alkanes) is 3. The first kappa shape index (κ1) is 12.8. The Hall–Kier alpha value is -0.240. The molecule has 0 amide bonds. The summed E-state index contributed by atoms with van der Waals surface area (Å²) in [6.07, 6.45) is 5.81. The summed E-state index contributed by atoms with van der Waals surface area (Å²) in [4.78, 5) is 10.8. The lowest BCUT2D eigenvalue weighted by atomic mass is 10.1. The molecule has 2 nitrogen and oxygen atoms in total. The molecule has 0 fully saturated rings. The zero-order chi connectivity index (χ0) is 10.1. The minimum atomic E-state index is -0.315. The van der Waals surface area contributed by atoms with E-state index in [2.05, 4.69) is 6.92 Å². The van der Waals surface area contributed by atoms with Gasteiger partial charge >= 0.3 is 5.97 Å². The van der Waals surface area contributed by atoms with E-state index in [1.54, 1.807) is 0 Å². The minimum Gasteiger partial charge on any atom is -0.462 e. The van der Waals surface area contributed by atoms with Gasteiger partial charge in [-0.25, -0.2) is 0 Å². The predicted molar refractivity (Wildman–Crippen MR) is 55.0 cm³/mol. The molecule has 0 aromatic rings. The van der Waals surface area contributed by atoms with Crippen LogP contribution in [0.25, 0.3) is 0 Å². The van der Waals surface area contributed by atoms with Crippen molar-refractivity contribution in [2.45, 2.75) is 52.1 Å². The number of halogens is 1. The molecule has 0 aliphatic heterocycles. The molecule has 0 N–H and O–H groups in total. The highest BCUT2D eigenvalue weighted by atomic mass is 35.5. The third-order valence-corrected chi connectivity index (χ3v) is 2.12. The number of carbonyl (C=O) groups is 1. The number of esters is 1. The summed E-state index contributed by atoms with van der Waals surface area (Å²) >= 11 is 5.31. The van der Waals surface area contributed by atoms with E-state index in [1.165, 1.54) is 19.3 Å². The van der Waals surface area contributed by atoms with Crippen LogP contribution >= 0.6 is 11.6 Å². The summed E-state index contributed by atoms with van der Waals surface area (Å²) in [6.45, 7) is 4.09. The van der Waals surface area contributed by atoms with Crippen molar-refractivity contribution >= 4 is 17.6 Å². The van der Waals surface area contributed by atoms with Crippen LogP contribution in [0.5, 0.6) is 0 Å². The van der Waals surface area contributed by atoms with Crippen molar-refractivity contribution in [2.24, 2.45) is 0 Å². The Kier molecular flexibility index (Phi) is 8.21. The zero-order valence-corrected chi connectivity index (χ0v) is 9.27. The Morgan fingerprint density at radius 2 is 2.08 bits per heavy atom. The van der Waals surface area contributed by atoms with Crippen molar-refractivity contribution in [1.29, 1.82) is 0 Å². The van der Waals surface area contributed by atoms with Crippen molar-refractivity contribution in [1.82, 2.24) is 0 Å². The Bertz CT molecular complexity index is 137. The third kappa shape index (κ3) is 8.10. The number of hydrogen-bond donors (Lipinski definition) is 0. The molecule has 0 saturated heterocycles. The third-order valence-electron chi connectivity index (χ3n) is 1.91. The monoisotopic (exact) mass is 206 g/mol. The van der Waals surface area contributed by atoms with Crippen LogP contribution < -0.4 is 0 Å². The van der Waals surface area contributed by atoms with Crippen LogP contribution in [0.1, 0.15) is 46.0 Å². The highest BCUT2D eigenvalue weighted by molar-refractivity contribution is 6.26. The molecule has 0 aromatic carbocycles. The maximum absolute atomic E-state index is 10.8. The van der Waals surface area contributed by atoms with Crippen LogP contribution in [0, 0.1) is 0 Å². The molecule has 0 heterocycles. The van der Waals surface area contributed by atoms with Gasteiger partial charge in [-0.05, 0) is 19.8 Å². The quantitative estimate of drug-likeness (QED) is 0.364. The molecule has 0 rings (SSSR count). The highest BCUT2D eigenvalue weighted by Gasteiger charge is 2.06. The summed E-state index contributed by atoms with van der Waals surface area (Å²) in [5, 5.41) is 0. The number of ether oxygens (including phenoxy) is 1. The molecule has 0 aliphatic rings. The largest absolute Gasteiger partial charge is 0.462 e. The number of carbonyl (C=O) groups excluding carboxylic acids is 1. The van der Waals surface area contributed by atoms with Gasteiger partial charge in [0.2, 0.25) is 0 Å². The fourth-order valence-electron chi connectivity index (χ4n) is 1.17. The minimum absolute atomic E-state index is 0.0168. The lowest BCUT2D eigenvalue weighted by Gasteiger charge is -2.11. The summed E-state index contributed by atoms with van der Waals surface area (Å²) in [7, 11) is 0. The molecule has 0 spiro atoms. The summed E-state index contributed by atoms with van der Waals surface area (Å²) in [5.74, 6) is -0.357. The van der Waals surface area contributed by atoms with E-state index in [4.69, 9.17) is 16.3 Å². The van der Waals surface area contributed by atoms with E-state index in [1.807, 2.05) is 6.92 Å². The van der Waals surface area contributed by atoms with Gasteiger partial charge in [-0.1, -0.05) is 26.2 Å². The van der Waals surface area contributed by atoms with E-state index >= 15 is 0 Å². The van der Waals surface area contributed by atoms with Crippen molar-refractivity contribution < 1.29 is 9.53 Å². The van der Waals surface area contributed by atoms with Gasteiger partial charge in [-0.15, -0.1) is 11.6 Å². The Morgan fingerprint density at radius 1 is 1.38 bits per heavy atom. The Labute approximate surface area is 85.6 Å². The lowest BCUT2D eigenvalue weighted by molar-refractivity contribution is -0.145. The van der Waals surface area contributed by atoms with Crippen LogP contribution in [-0.4, -0.2) is 18.0 Å². The number of hydrogen-bond acceptors (Lipinski definition) is 2. The van der Waals surface area contributed by atoms with E-state index in [0.29, 0.717) is 0 Å². The first-order chi connectivity index (χ1) is 6.20. The molecule has 0 bridgehead atoms. The van der Waals surface area contributed by atoms with Crippen LogP contribution in [-0.2, 0) is 9.53 Å². The molecular weight excluding hydrogens is 188 g/mol. The van der Waals surface area contributed by atoms with Crippen LogP contribution in [0.3, 0.4) is 0 Å². The Balaban J connectivity index is 3.29. The van der Waals surface area contributed by atoms with E-state index in [-0.39, 0.29) is 18.0 Å². The van der Waals surface area contributed by atoms with E-state index < -0.39 is 0 Å². The molecule has 78 valence electrons. The SMILES string of the molecule is CCCCCC[C@H](C)OC(=O)CCl. The molecule has 3 heteroatoms. The zero-order valence-electron chi connectivity index (χ0n) is 8.51. The first-order valence-electron chi connectivity index (χ1n) is 4.96. The van der Waals surface area contributed by atoms with Gasteiger partial charge < -0.3 is 4.74 Å². The average Bonchev–Trinajstić information content (AvgIpc) is 2.12. The second-order valence-corrected chi connectivity index (χ2v) is 3.55. The fraction of sp³-hybridized carbons (Fsp3) is 0.900. The predicted octanol–water partition coefficient (Wildman–Crippen LogP) is 3.13. The van der Waals surface area contributed by atoms with Gasteiger partial charge in [0.05, 0.1) is 6.10 Å². The van der Waals surface area contributed by atoms with Crippen LogP contribution in [0.2, 0.25) is 0 Å². The lowest BCUT2D eigenvalue weighted by Crippen LogP contribution is -2.15. The van der Waals surface area contributed by atoms with Crippen molar-refractivity contribution in [3.63, 3.8) is 0 Å². The van der Waals surface area contributed by atoms with Gasteiger partial charge in [0.15, 0.2) is 0 Å². The van der Waals surface area contributed by atoms with Crippen molar-refractivity contribution in [3.05, 3.63) is 0 Å². The molecule has 0 aliphatic carbocycles. The average molecular weight is 207 g/mol. The maximum atomic E-state index is 10.8. The molecular formula is C10H19ClO2. The maximum Gasteiger partial charge on any atom is 0.321 e. The van der Waals surface area contributed by atoms with Gasteiger partial charge in [0.1, 0.15) is 5.88 Å². The summed E-state index contributed by atoms with van der Waals surface area (Å²) in [5.41, 5.74) is 0. The van der Waals surface area contributed by atoms with E-state index in [9.17, 15) is 4.79 Å². The second kappa shape index (κ2) is 8.36. The van der Waals surface area contributed by atoms with Crippen molar-refractivity contribution in [2.75, 3.05) is 5.88 Å². The first-order valence-corrected chi connectivity index (χ1v) is 5.49. The second-order valence-electron chi connectivity index (χ2n) is 3.28.